The van der Waals surface area contributed by atoms with Gasteiger partial charge in [-0.1, -0.05) is 54.1 Å². The molecule has 0 bridgehead atoms. The van der Waals surface area contributed by atoms with E-state index in [2.05, 4.69) is 28.2 Å². The first-order valence-corrected chi connectivity index (χ1v) is 13.1. The van der Waals surface area contributed by atoms with E-state index in [-0.39, 0.29) is 37.9 Å². The minimum Gasteiger partial charge on any atom is -0.503 e. The number of hydrogen-bond donors (Lipinski definition) is 0. The van der Waals surface area contributed by atoms with E-state index < -0.39 is 13.7 Å². The van der Waals surface area contributed by atoms with Crippen LogP contribution < -0.4 is 25.9 Å². The van der Waals surface area contributed by atoms with Crippen LogP contribution in [0.2, 0.25) is 0 Å². The predicted molar refractivity (Wildman–Crippen MR) is 164 cm³/mol. The Bertz CT molecular complexity index is 2070. The molecule has 0 atom stereocenters. The molecule has 205 valence electrons. The van der Waals surface area contributed by atoms with Crippen LogP contribution in [0.15, 0.2) is 116 Å². The molecule has 6 heteroatoms. The van der Waals surface area contributed by atoms with Crippen LogP contribution in [0.4, 0.5) is 0 Å². The van der Waals surface area contributed by atoms with Crippen LogP contribution in [0.25, 0.3) is 22.5 Å². The molecule has 42 heavy (non-hydrogen) atoms. The third-order valence-corrected chi connectivity index (χ3v) is 7.04. The summed E-state index contributed by atoms with van der Waals surface area (Å²) in [4.78, 5) is 8.53. The number of para-hydroxylation sites is 1. The largest absolute Gasteiger partial charge is 0.503 e. The van der Waals surface area contributed by atoms with Crippen LogP contribution in [0.1, 0.15) is 19.4 Å². The number of benzene rings is 4. The summed E-state index contributed by atoms with van der Waals surface area (Å²) >= 11 is 0. The predicted octanol–water partition coefficient (Wildman–Crippen LogP) is 6.44. The quantitative estimate of drug-likeness (QED) is 0.152. The van der Waals surface area contributed by atoms with Gasteiger partial charge in [0.15, 0.2) is 0 Å². The van der Waals surface area contributed by atoms with Gasteiger partial charge in [-0.25, -0.2) is 0 Å². The Labute approximate surface area is 268 Å². The van der Waals surface area contributed by atoms with Crippen molar-refractivity contribution in [2.45, 2.75) is 13.7 Å². The summed E-state index contributed by atoms with van der Waals surface area (Å²) in [5, 5.41) is 0. The van der Waals surface area contributed by atoms with Crippen LogP contribution in [0.5, 0.6) is 23.0 Å². The molecule has 0 saturated carbocycles. The maximum Gasteiger partial charge on any atom is 0.241 e. The molecular formula is C36H25BIrN2O2-2. The van der Waals surface area contributed by atoms with Gasteiger partial charge in [-0.15, -0.1) is 59.6 Å². The summed E-state index contributed by atoms with van der Waals surface area (Å²) in [7, 11) is 0. The van der Waals surface area contributed by atoms with E-state index in [1.54, 1.807) is 30.3 Å². The smallest absolute Gasteiger partial charge is 0.241 e. The Hall–Kier alpha value is -4.51. The molecule has 0 saturated heterocycles. The molecule has 4 aromatic carbocycles. The number of aromatic nitrogens is 2. The van der Waals surface area contributed by atoms with Crippen molar-refractivity contribution in [3.05, 3.63) is 139 Å². The summed E-state index contributed by atoms with van der Waals surface area (Å²) in [6.07, 6.45) is 2.79. The van der Waals surface area contributed by atoms with Crippen molar-refractivity contribution < 1.29 is 37.8 Å². The third-order valence-electron chi connectivity index (χ3n) is 7.04. The van der Waals surface area contributed by atoms with E-state index in [0.717, 1.165) is 44.9 Å². The fourth-order valence-electron chi connectivity index (χ4n) is 5.18. The van der Waals surface area contributed by atoms with Gasteiger partial charge in [0, 0.05) is 51.9 Å². The summed E-state index contributed by atoms with van der Waals surface area (Å²) in [5.74, 6) is 3.05. The van der Waals surface area contributed by atoms with Crippen LogP contribution in [-0.4, -0.2) is 16.7 Å². The maximum atomic E-state index is 7.58. The molecule has 8 rings (SSSR count). The van der Waals surface area contributed by atoms with Crippen LogP contribution in [-0.2, 0) is 20.1 Å². The number of fused-ring (bicyclic) bond motifs is 4. The zero-order valence-electron chi connectivity index (χ0n) is 28.1. The first kappa shape index (κ1) is 21.2. The minimum atomic E-state index is -2.19. The Balaban J connectivity index is 0.000000201. The number of ether oxygens (including phenoxy) is 2. The third kappa shape index (κ3) is 5.16. The molecule has 0 fully saturated rings. The molecule has 2 aliphatic heterocycles. The van der Waals surface area contributed by atoms with Gasteiger partial charge in [0.2, 0.25) is 6.71 Å². The molecule has 6 aromatic rings. The van der Waals surface area contributed by atoms with Crippen LogP contribution in [0.3, 0.4) is 0 Å². The fourth-order valence-corrected chi connectivity index (χ4v) is 5.18. The molecular weight excluding hydrogens is 695 g/mol. The number of aryl methyl sites for hydroxylation is 2. The van der Waals surface area contributed by atoms with E-state index in [4.69, 9.17) is 17.7 Å². The average Bonchev–Trinajstić information content (AvgIpc) is 3.08. The topological polar surface area (TPSA) is 44.2 Å². The second kappa shape index (κ2) is 11.8. The first-order chi connectivity index (χ1) is 22.6. The van der Waals surface area contributed by atoms with Crippen LogP contribution >= 0.6 is 0 Å². The van der Waals surface area contributed by atoms with Crippen molar-refractivity contribution in [3.63, 3.8) is 0 Å². The first-order valence-electron chi connectivity index (χ1n) is 16.1. The van der Waals surface area contributed by atoms with E-state index in [9.17, 15) is 0 Å². The summed E-state index contributed by atoms with van der Waals surface area (Å²) in [6, 6.07) is 38.0. The normalized spacial score (nSPS) is 14.4. The van der Waals surface area contributed by atoms with E-state index in [1.807, 2.05) is 66.7 Å². The zero-order chi connectivity index (χ0) is 32.8. The van der Waals surface area contributed by atoms with Gasteiger partial charge in [0.25, 0.3) is 0 Å². The van der Waals surface area contributed by atoms with Crippen molar-refractivity contribution >= 4 is 23.1 Å². The molecule has 2 aromatic heterocycles. The number of rotatable bonds is 2. The van der Waals surface area contributed by atoms with Gasteiger partial charge in [-0.05, 0) is 59.9 Å². The molecule has 0 aliphatic carbocycles. The Kier molecular flexibility index (Phi) is 5.95. The summed E-state index contributed by atoms with van der Waals surface area (Å²) < 4.78 is 56.9. The summed E-state index contributed by atoms with van der Waals surface area (Å²) in [5.41, 5.74) is 6.47. The standard InChI is InChI=1S/C24H15BNO2.C12H10N.Ir/c1-15-12-13-19(26-14-15)16-6-4-8-18-24(16)28-22-11-5-10-21-23(22)25(18)17-7-2-3-9-20(17)27-21;1-10-7-8-12(13-9-10)11-5-3-2-4-6-11;/h2-5,7-14H,1H3;2-5,7-9H,1H3;/q2*-1;/i2*1D3;. The van der Waals surface area contributed by atoms with Gasteiger partial charge in [-0.2, -0.15) is 0 Å². The second-order valence-corrected chi connectivity index (χ2v) is 9.62. The molecule has 0 N–H and O–H groups in total. The zero-order valence-corrected chi connectivity index (χ0v) is 24.5. The number of pyridine rings is 2. The van der Waals surface area contributed by atoms with Crippen molar-refractivity contribution in [1.82, 2.24) is 9.97 Å². The van der Waals surface area contributed by atoms with E-state index in [0.29, 0.717) is 17.0 Å². The van der Waals surface area contributed by atoms with Crippen molar-refractivity contribution in [3.8, 4) is 45.5 Å². The van der Waals surface area contributed by atoms with Crippen molar-refractivity contribution in [2.24, 2.45) is 0 Å². The average molecular weight is 727 g/mol. The second-order valence-electron chi connectivity index (χ2n) is 9.62. The summed E-state index contributed by atoms with van der Waals surface area (Å²) in [6.45, 7) is -4.32. The molecule has 0 amide bonds. The number of nitrogens with zero attached hydrogens (tertiary/aromatic N) is 2. The maximum absolute atomic E-state index is 7.58. The van der Waals surface area contributed by atoms with Crippen molar-refractivity contribution in [2.75, 3.05) is 0 Å². The fraction of sp³-hybridized carbons (Fsp3) is 0.0556. The van der Waals surface area contributed by atoms with E-state index in [1.165, 1.54) is 12.4 Å². The van der Waals surface area contributed by atoms with Crippen molar-refractivity contribution in [1.29, 1.82) is 0 Å². The SMILES string of the molecule is [2H]C([2H])([2H])c1ccc(-c2[c-]ccc3c2Oc2cccc4c2B3c2ccccc2O4)nc1.[2H]C([2H])([2H])c1ccc(-c2[c-]cccc2)nc1.[Ir]. The van der Waals surface area contributed by atoms with Crippen LogP contribution in [0, 0.1) is 25.8 Å². The Morgan fingerprint density at radius 2 is 1.36 bits per heavy atom. The molecule has 4 heterocycles. The number of hydrogen-bond acceptors (Lipinski definition) is 4. The van der Waals surface area contributed by atoms with Gasteiger partial charge in [-0.3, -0.25) is 0 Å². The van der Waals surface area contributed by atoms with E-state index >= 15 is 0 Å². The minimum absolute atomic E-state index is 0. The van der Waals surface area contributed by atoms with Gasteiger partial charge >= 0.3 is 0 Å². The molecule has 0 spiro atoms. The molecule has 4 nitrogen and oxygen atoms in total. The Morgan fingerprint density at radius 1 is 0.643 bits per heavy atom. The van der Waals surface area contributed by atoms with Gasteiger partial charge in [0.1, 0.15) is 17.2 Å². The molecule has 2 aliphatic rings. The monoisotopic (exact) mass is 727 g/mol. The molecule has 1 radical (unpaired) electrons. The Morgan fingerprint density at radius 3 is 2.07 bits per heavy atom. The molecule has 0 unspecified atom stereocenters. The van der Waals surface area contributed by atoms with Gasteiger partial charge in [0.05, 0.1) is 0 Å². The van der Waals surface area contributed by atoms with Gasteiger partial charge < -0.3 is 19.4 Å².